The van der Waals surface area contributed by atoms with Crippen LogP contribution < -0.4 is 0 Å². The topological polar surface area (TPSA) is 78.9 Å². The summed E-state index contributed by atoms with van der Waals surface area (Å²) in [4.78, 5) is 38.1. The van der Waals surface area contributed by atoms with Gasteiger partial charge < -0.3 is 14.2 Å². The molecule has 67 heavy (non-hydrogen) atoms. The Morgan fingerprint density at radius 3 is 0.910 bits per heavy atom. The van der Waals surface area contributed by atoms with Gasteiger partial charge >= 0.3 is 17.9 Å². The Morgan fingerprint density at radius 2 is 0.582 bits per heavy atom. The van der Waals surface area contributed by atoms with Gasteiger partial charge in [0.05, 0.1) is 6.42 Å². The molecule has 388 valence electrons. The van der Waals surface area contributed by atoms with E-state index in [0.717, 1.165) is 70.6 Å². The van der Waals surface area contributed by atoms with Crippen LogP contribution in [0, 0.1) is 0 Å². The van der Waals surface area contributed by atoms with E-state index < -0.39 is 12.1 Å². The standard InChI is InChI=1S/C61H108O6/c1-4-7-10-13-16-19-22-25-28-30-31-34-36-39-42-45-48-51-54-60(63)66-57-58(56-65-59(62)53-50-47-44-41-38-35-32-27-24-21-18-15-12-9-6-3)67-61(64)55-52-49-46-43-40-37-33-29-26-23-20-17-14-11-8-5-2/h9,12,18,21,27,32,38,41,47,50,58H,4-8,10-11,13-17,19-20,22-26,28-31,33-37,39-40,42-46,48-49,51-57H2,1-3H3/b12-9-,21-18-,32-27-,41-38-,50-47-. The highest BCUT2D eigenvalue weighted by atomic mass is 16.6. The van der Waals surface area contributed by atoms with Crippen LogP contribution in [0.5, 0.6) is 0 Å². The highest BCUT2D eigenvalue weighted by Gasteiger charge is 2.19. The molecule has 1 unspecified atom stereocenters. The second kappa shape index (κ2) is 55.7. The fourth-order valence-electron chi connectivity index (χ4n) is 8.28. The zero-order valence-corrected chi connectivity index (χ0v) is 44.4. The van der Waals surface area contributed by atoms with E-state index >= 15 is 0 Å². The molecule has 0 N–H and O–H groups in total. The largest absolute Gasteiger partial charge is 0.462 e. The van der Waals surface area contributed by atoms with Crippen LogP contribution in [0.4, 0.5) is 0 Å². The van der Waals surface area contributed by atoms with Crippen molar-refractivity contribution in [1.29, 1.82) is 0 Å². The zero-order valence-electron chi connectivity index (χ0n) is 44.4. The highest BCUT2D eigenvalue weighted by molar-refractivity contribution is 5.72. The smallest absolute Gasteiger partial charge is 0.309 e. The molecule has 6 nitrogen and oxygen atoms in total. The van der Waals surface area contributed by atoms with Crippen molar-refractivity contribution in [1.82, 2.24) is 0 Å². The number of ether oxygens (including phenoxy) is 3. The van der Waals surface area contributed by atoms with E-state index in [1.165, 1.54) is 180 Å². The number of hydrogen-bond donors (Lipinski definition) is 0. The van der Waals surface area contributed by atoms with Gasteiger partial charge in [-0.2, -0.15) is 0 Å². The molecule has 0 spiro atoms. The molecule has 0 bridgehead atoms. The van der Waals surface area contributed by atoms with Crippen molar-refractivity contribution in [3.63, 3.8) is 0 Å². The summed E-state index contributed by atoms with van der Waals surface area (Å²) in [5, 5.41) is 0. The lowest BCUT2D eigenvalue weighted by atomic mass is 10.0. The number of carbonyl (C=O) groups excluding carboxylic acids is 3. The van der Waals surface area contributed by atoms with Crippen LogP contribution in [0.15, 0.2) is 60.8 Å². The van der Waals surface area contributed by atoms with Gasteiger partial charge in [0.2, 0.25) is 0 Å². The minimum atomic E-state index is -0.810. The zero-order chi connectivity index (χ0) is 48.6. The van der Waals surface area contributed by atoms with E-state index in [1.807, 2.05) is 6.08 Å². The summed E-state index contributed by atoms with van der Waals surface area (Å²) in [6, 6.07) is 0. The molecule has 0 heterocycles. The number of esters is 3. The average Bonchev–Trinajstić information content (AvgIpc) is 3.33. The predicted molar refractivity (Wildman–Crippen MR) is 288 cm³/mol. The number of unbranched alkanes of at least 4 members (excludes halogenated alkanes) is 32. The molecule has 1 atom stereocenters. The molecule has 0 aliphatic heterocycles. The monoisotopic (exact) mass is 937 g/mol. The molecule has 0 fully saturated rings. The minimum Gasteiger partial charge on any atom is -0.462 e. The lowest BCUT2D eigenvalue weighted by molar-refractivity contribution is -0.166. The molecule has 0 rings (SSSR count). The van der Waals surface area contributed by atoms with Crippen molar-refractivity contribution in [2.24, 2.45) is 0 Å². The molecule has 0 saturated carbocycles. The molecule has 0 amide bonds. The van der Waals surface area contributed by atoms with E-state index in [4.69, 9.17) is 14.2 Å². The van der Waals surface area contributed by atoms with Crippen LogP contribution in [-0.4, -0.2) is 37.2 Å². The molecule has 0 aliphatic rings. The molecule has 6 heteroatoms. The van der Waals surface area contributed by atoms with Gasteiger partial charge in [0.25, 0.3) is 0 Å². The Morgan fingerprint density at radius 1 is 0.313 bits per heavy atom. The molecule has 0 saturated heterocycles. The molecule has 0 radical (unpaired) electrons. The maximum absolute atomic E-state index is 12.8. The summed E-state index contributed by atoms with van der Waals surface area (Å²) < 4.78 is 16.8. The normalized spacial score (nSPS) is 12.5. The molecule has 0 aromatic heterocycles. The van der Waals surface area contributed by atoms with Crippen molar-refractivity contribution in [2.45, 2.75) is 297 Å². The van der Waals surface area contributed by atoms with Crippen molar-refractivity contribution >= 4 is 17.9 Å². The summed E-state index contributed by atoms with van der Waals surface area (Å²) in [6.07, 6.45) is 69.5. The van der Waals surface area contributed by atoms with Crippen LogP contribution in [0.3, 0.4) is 0 Å². The maximum Gasteiger partial charge on any atom is 0.309 e. The van der Waals surface area contributed by atoms with Crippen LogP contribution in [0.25, 0.3) is 0 Å². The van der Waals surface area contributed by atoms with Gasteiger partial charge in [0.15, 0.2) is 6.10 Å². The Labute approximate surface area is 415 Å². The first-order valence-corrected chi connectivity index (χ1v) is 28.8. The predicted octanol–water partition coefficient (Wildman–Crippen LogP) is 19.2. The van der Waals surface area contributed by atoms with Gasteiger partial charge in [-0.25, -0.2) is 0 Å². The van der Waals surface area contributed by atoms with Crippen LogP contribution >= 0.6 is 0 Å². The third-order valence-electron chi connectivity index (χ3n) is 12.6. The van der Waals surface area contributed by atoms with E-state index in [-0.39, 0.29) is 31.6 Å². The van der Waals surface area contributed by atoms with Gasteiger partial charge in [-0.15, -0.1) is 0 Å². The van der Waals surface area contributed by atoms with E-state index in [0.29, 0.717) is 12.8 Å². The van der Waals surface area contributed by atoms with Gasteiger partial charge in [-0.1, -0.05) is 287 Å². The lowest BCUT2D eigenvalue weighted by Crippen LogP contribution is -2.30. The second-order valence-electron chi connectivity index (χ2n) is 19.2. The first-order valence-electron chi connectivity index (χ1n) is 28.8. The van der Waals surface area contributed by atoms with Crippen LogP contribution in [-0.2, 0) is 28.6 Å². The highest BCUT2D eigenvalue weighted by Crippen LogP contribution is 2.17. The number of rotatable bonds is 52. The lowest BCUT2D eigenvalue weighted by Gasteiger charge is -2.18. The average molecular weight is 938 g/mol. The first kappa shape index (κ1) is 64.1. The SMILES string of the molecule is CC/C=C\C/C=C\C/C=C\C/C=C\C/C=C\CC(=O)OCC(COC(=O)CCCCCCCCCCCCCCCCCCCC)OC(=O)CCCCCCCCCCCCCCCCCC. The van der Waals surface area contributed by atoms with Crippen molar-refractivity contribution in [3.8, 4) is 0 Å². The van der Waals surface area contributed by atoms with Gasteiger partial charge in [0.1, 0.15) is 13.2 Å². The Kier molecular flexibility index (Phi) is 53.3. The van der Waals surface area contributed by atoms with E-state index in [2.05, 4.69) is 69.4 Å². The van der Waals surface area contributed by atoms with Gasteiger partial charge in [0, 0.05) is 12.8 Å². The first-order chi connectivity index (χ1) is 33.0. The number of carbonyl (C=O) groups is 3. The molecular weight excluding hydrogens is 829 g/mol. The Bertz CT molecular complexity index is 1210. The third-order valence-corrected chi connectivity index (χ3v) is 12.6. The van der Waals surface area contributed by atoms with E-state index in [1.54, 1.807) is 6.08 Å². The molecule has 0 aliphatic carbocycles. The summed E-state index contributed by atoms with van der Waals surface area (Å²) >= 11 is 0. The summed E-state index contributed by atoms with van der Waals surface area (Å²) in [6.45, 7) is 6.48. The van der Waals surface area contributed by atoms with Gasteiger partial charge in [-0.3, -0.25) is 14.4 Å². The summed E-state index contributed by atoms with van der Waals surface area (Å²) in [5.74, 6) is -1.02. The van der Waals surface area contributed by atoms with Crippen LogP contribution in [0.1, 0.15) is 290 Å². The van der Waals surface area contributed by atoms with Crippen molar-refractivity contribution in [3.05, 3.63) is 60.8 Å². The number of hydrogen-bond acceptors (Lipinski definition) is 6. The minimum absolute atomic E-state index is 0.0997. The van der Waals surface area contributed by atoms with Crippen LogP contribution in [0.2, 0.25) is 0 Å². The Balaban J connectivity index is 4.42. The molecule has 0 aromatic rings. The Hall–Kier alpha value is -2.89. The third kappa shape index (κ3) is 53.9. The summed E-state index contributed by atoms with van der Waals surface area (Å²) in [7, 11) is 0. The summed E-state index contributed by atoms with van der Waals surface area (Å²) in [5.41, 5.74) is 0. The van der Waals surface area contributed by atoms with E-state index in [9.17, 15) is 14.4 Å². The second-order valence-corrected chi connectivity index (χ2v) is 19.2. The fraction of sp³-hybridized carbons (Fsp3) is 0.787. The number of allylic oxidation sites excluding steroid dienone is 9. The maximum atomic E-state index is 12.8. The molecule has 0 aromatic carbocycles. The van der Waals surface area contributed by atoms with Crippen molar-refractivity contribution in [2.75, 3.05) is 13.2 Å². The molecular formula is C61H108O6. The quantitative estimate of drug-likeness (QED) is 0.0262. The van der Waals surface area contributed by atoms with Crippen molar-refractivity contribution < 1.29 is 28.6 Å². The van der Waals surface area contributed by atoms with Gasteiger partial charge in [-0.05, 0) is 44.9 Å². The fourth-order valence-corrected chi connectivity index (χ4v) is 8.28.